The van der Waals surface area contributed by atoms with Gasteiger partial charge in [-0.1, -0.05) is 13.8 Å². The summed E-state index contributed by atoms with van der Waals surface area (Å²) in [6.45, 7) is 4.47. The molecule has 0 aromatic carbocycles. The van der Waals surface area contributed by atoms with E-state index in [4.69, 9.17) is 15.2 Å². The highest BCUT2D eigenvalue weighted by Crippen LogP contribution is 2.53. The SMILES string of the molecule is COc1ncc(-c2cc([C@H]3C[C@@H]3C(C)C)c(N)nn2)c(OC)n1. The lowest BCUT2D eigenvalue weighted by Crippen LogP contribution is -2.04. The number of anilines is 1. The summed E-state index contributed by atoms with van der Waals surface area (Å²) in [5.74, 6) is 2.64. The van der Waals surface area contributed by atoms with Crippen LogP contribution in [0.2, 0.25) is 0 Å². The van der Waals surface area contributed by atoms with Crippen molar-refractivity contribution in [2.75, 3.05) is 20.0 Å². The number of methoxy groups -OCH3 is 2. The highest BCUT2D eigenvalue weighted by atomic mass is 16.5. The van der Waals surface area contributed by atoms with Crippen molar-refractivity contribution in [2.24, 2.45) is 11.8 Å². The van der Waals surface area contributed by atoms with E-state index in [1.54, 1.807) is 13.3 Å². The second kappa shape index (κ2) is 5.98. The van der Waals surface area contributed by atoms with Gasteiger partial charge in [0.05, 0.1) is 19.8 Å². The lowest BCUT2D eigenvalue weighted by atomic mass is 10.0. The third-order valence-corrected chi connectivity index (χ3v) is 4.33. The van der Waals surface area contributed by atoms with Crippen molar-refractivity contribution in [3.05, 3.63) is 17.8 Å². The first-order valence-corrected chi connectivity index (χ1v) is 7.63. The molecule has 0 aliphatic heterocycles. The van der Waals surface area contributed by atoms with Crippen LogP contribution in [0.5, 0.6) is 11.9 Å². The minimum Gasteiger partial charge on any atom is -0.480 e. The smallest absolute Gasteiger partial charge is 0.319 e. The fraction of sp³-hybridized carbons (Fsp3) is 0.500. The van der Waals surface area contributed by atoms with Crippen LogP contribution in [0.15, 0.2) is 12.3 Å². The van der Waals surface area contributed by atoms with E-state index < -0.39 is 0 Å². The Kier molecular flexibility index (Phi) is 4.02. The van der Waals surface area contributed by atoms with Crippen LogP contribution in [-0.2, 0) is 0 Å². The summed E-state index contributed by atoms with van der Waals surface area (Å²) in [4.78, 5) is 8.31. The zero-order valence-corrected chi connectivity index (χ0v) is 13.8. The van der Waals surface area contributed by atoms with Crippen LogP contribution < -0.4 is 15.2 Å². The third-order valence-electron chi connectivity index (χ3n) is 4.33. The minimum absolute atomic E-state index is 0.247. The Bertz CT molecular complexity index is 720. The fourth-order valence-electron chi connectivity index (χ4n) is 2.93. The third kappa shape index (κ3) is 2.91. The molecule has 0 amide bonds. The predicted molar refractivity (Wildman–Crippen MR) is 86.3 cm³/mol. The van der Waals surface area contributed by atoms with E-state index in [-0.39, 0.29) is 6.01 Å². The molecule has 2 atom stereocenters. The molecule has 23 heavy (non-hydrogen) atoms. The number of ether oxygens (including phenoxy) is 2. The average molecular weight is 315 g/mol. The van der Waals surface area contributed by atoms with Crippen LogP contribution in [-0.4, -0.2) is 34.4 Å². The number of aromatic nitrogens is 4. The van der Waals surface area contributed by atoms with Crippen LogP contribution >= 0.6 is 0 Å². The average Bonchev–Trinajstić information content (AvgIpc) is 3.35. The van der Waals surface area contributed by atoms with Crippen molar-refractivity contribution < 1.29 is 9.47 Å². The molecular formula is C16H21N5O2. The van der Waals surface area contributed by atoms with Crippen molar-refractivity contribution in [3.8, 4) is 23.1 Å². The normalized spacial score (nSPS) is 19.7. The van der Waals surface area contributed by atoms with Crippen molar-refractivity contribution in [1.29, 1.82) is 0 Å². The monoisotopic (exact) mass is 315 g/mol. The van der Waals surface area contributed by atoms with Crippen molar-refractivity contribution in [3.63, 3.8) is 0 Å². The molecule has 1 aliphatic rings. The van der Waals surface area contributed by atoms with E-state index >= 15 is 0 Å². The molecule has 3 rings (SSSR count). The van der Waals surface area contributed by atoms with E-state index in [9.17, 15) is 0 Å². The van der Waals surface area contributed by atoms with Gasteiger partial charge in [-0.3, -0.25) is 0 Å². The maximum absolute atomic E-state index is 6.03. The Hall–Kier alpha value is -2.44. The molecule has 0 radical (unpaired) electrons. The molecule has 2 aromatic heterocycles. The van der Waals surface area contributed by atoms with Gasteiger partial charge in [-0.05, 0) is 30.2 Å². The molecule has 122 valence electrons. The first-order valence-electron chi connectivity index (χ1n) is 7.63. The highest BCUT2D eigenvalue weighted by Gasteiger charge is 2.41. The van der Waals surface area contributed by atoms with Crippen molar-refractivity contribution >= 4 is 5.82 Å². The molecule has 2 N–H and O–H groups in total. The van der Waals surface area contributed by atoms with E-state index in [1.807, 2.05) is 6.07 Å². The molecule has 0 unspecified atom stereocenters. The van der Waals surface area contributed by atoms with Gasteiger partial charge in [-0.15, -0.1) is 10.2 Å². The molecule has 1 aliphatic carbocycles. The standard InChI is InChI=1S/C16H21N5O2/c1-8(2)9-5-10(9)11-6-13(20-21-14(11)17)12-7-18-16(23-4)19-15(12)22-3/h6-10H,5H2,1-4H3,(H2,17,21)/t9-,10+/m1/s1. The Morgan fingerprint density at radius 2 is 2.00 bits per heavy atom. The first kappa shape index (κ1) is 15.5. The summed E-state index contributed by atoms with van der Waals surface area (Å²) < 4.78 is 10.3. The van der Waals surface area contributed by atoms with Gasteiger partial charge in [0.1, 0.15) is 11.5 Å². The maximum atomic E-state index is 6.03. The van der Waals surface area contributed by atoms with E-state index in [2.05, 4.69) is 34.0 Å². The molecule has 0 bridgehead atoms. The largest absolute Gasteiger partial charge is 0.480 e. The number of rotatable bonds is 5. The molecule has 0 saturated heterocycles. The second-order valence-electron chi connectivity index (χ2n) is 6.10. The molecule has 1 fully saturated rings. The summed E-state index contributed by atoms with van der Waals surface area (Å²) in [6, 6.07) is 2.22. The van der Waals surface area contributed by atoms with Crippen molar-refractivity contribution in [1.82, 2.24) is 20.2 Å². The zero-order chi connectivity index (χ0) is 16.6. The zero-order valence-electron chi connectivity index (χ0n) is 13.8. The second-order valence-corrected chi connectivity index (χ2v) is 6.10. The summed E-state index contributed by atoms with van der Waals surface area (Å²) in [6.07, 6.45) is 2.77. The molecule has 7 nitrogen and oxygen atoms in total. The summed E-state index contributed by atoms with van der Waals surface area (Å²) in [5.41, 5.74) is 8.40. The molecule has 2 heterocycles. The van der Waals surface area contributed by atoms with Crippen LogP contribution in [0.25, 0.3) is 11.3 Å². The number of hydrogen-bond donors (Lipinski definition) is 1. The van der Waals surface area contributed by atoms with Gasteiger partial charge in [0.2, 0.25) is 5.88 Å². The quantitative estimate of drug-likeness (QED) is 0.904. The lowest BCUT2D eigenvalue weighted by molar-refractivity contribution is 0.353. The van der Waals surface area contributed by atoms with E-state index in [1.165, 1.54) is 7.11 Å². The minimum atomic E-state index is 0.247. The van der Waals surface area contributed by atoms with Gasteiger partial charge in [0.25, 0.3) is 0 Å². The molecule has 1 saturated carbocycles. The number of nitrogen functional groups attached to an aromatic ring is 1. The highest BCUT2D eigenvalue weighted by molar-refractivity contribution is 5.66. The summed E-state index contributed by atoms with van der Waals surface area (Å²) in [5, 5.41) is 8.29. The topological polar surface area (TPSA) is 96.0 Å². The Morgan fingerprint density at radius 1 is 1.22 bits per heavy atom. The summed E-state index contributed by atoms with van der Waals surface area (Å²) >= 11 is 0. The predicted octanol–water partition coefficient (Wildman–Crippen LogP) is 2.29. The number of hydrogen-bond acceptors (Lipinski definition) is 7. The van der Waals surface area contributed by atoms with Crippen molar-refractivity contribution in [2.45, 2.75) is 26.2 Å². The Balaban J connectivity index is 1.98. The van der Waals surface area contributed by atoms with Crippen LogP contribution in [0.1, 0.15) is 31.7 Å². The van der Waals surface area contributed by atoms with Gasteiger partial charge in [-0.2, -0.15) is 4.98 Å². The summed E-state index contributed by atoms with van der Waals surface area (Å²) in [7, 11) is 3.06. The van der Waals surface area contributed by atoms with Gasteiger partial charge in [0, 0.05) is 11.8 Å². The fourth-order valence-corrected chi connectivity index (χ4v) is 2.93. The number of nitrogens with two attached hydrogens (primary N) is 1. The Morgan fingerprint density at radius 3 is 2.61 bits per heavy atom. The molecular weight excluding hydrogens is 294 g/mol. The first-order chi connectivity index (χ1) is 11.0. The van der Waals surface area contributed by atoms with Gasteiger partial charge in [0.15, 0.2) is 0 Å². The lowest BCUT2D eigenvalue weighted by Gasteiger charge is -2.10. The molecule has 2 aromatic rings. The molecule has 7 heteroatoms. The van der Waals surface area contributed by atoms with Gasteiger partial charge >= 0.3 is 6.01 Å². The maximum Gasteiger partial charge on any atom is 0.319 e. The van der Waals surface area contributed by atoms with Gasteiger partial charge in [-0.25, -0.2) is 4.98 Å². The van der Waals surface area contributed by atoms with E-state index in [0.29, 0.717) is 40.7 Å². The van der Waals surface area contributed by atoms with Crippen LogP contribution in [0.4, 0.5) is 5.82 Å². The van der Waals surface area contributed by atoms with E-state index in [0.717, 1.165) is 12.0 Å². The molecule has 0 spiro atoms. The van der Waals surface area contributed by atoms with Crippen LogP contribution in [0, 0.1) is 11.8 Å². The van der Waals surface area contributed by atoms with Gasteiger partial charge < -0.3 is 15.2 Å². The Labute approximate surface area is 135 Å². The number of nitrogens with zero attached hydrogens (tertiary/aromatic N) is 4. The van der Waals surface area contributed by atoms with Crippen LogP contribution in [0.3, 0.4) is 0 Å².